The molecule has 1 aliphatic rings. The first kappa shape index (κ1) is 18.1. The Bertz CT molecular complexity index is 759. The molecule has 26 heavy (non-hydrogen) atoms. The molecule has 3 rings (SSSR count). The van der Waals surface area contributed by atoms with Gasteiger partial charge in [0.05, 0.1) is 0 Å². The van der Waals surface area contributed by atoms with Gasteiger partial charge in [-0.25, -0.2) is 0 Å². The van der Waals surface area contributed by atoms with Crippen LogP contribution in [-0.4, -0.2) is 47.3 Å². The van der Waals surface area contributed by atoms with E-state index in [1.807, 2.05) is 11.0 Å². The van der Waals surface area contributed by atoms with Crippen LogP contribution in [0.4, 0.5) is 5.69 Å². The fourth-order valence-electron chi connectivity index (χ4n) is 3.39. The summed E-state index contributed by atoms with van der Waals surface area (Å²) < 4.78 is 0. The topological polar surface area (TPSA) is 52.7 Å². The predicted molar refractivity (Wildman–Crippen MR) is 103 cm³/mol. The average molecular weight is 351 g/mol. The SMILES string of the molecule is CC(=O)Nc1ccc(C(=O)N2CCN(Cc3ccccc3)CC2C)cc1. The van der Waals surface area contributed by atoms with Crippen LogP contribution in [0.2, 0.25) is 0 Å². The summed E-state index contributed by atoms with van der Waals surface area (Å²) in [4.78, 5) is 28.3. The van der Waals surface area contributed by atoms with Crippen LogP contribution in [0.15, 0.2) is 54.6 Å². The van der Waals surface area contributed by atoms with Gasteiger partial charge in [-0.15, -0.1) is 0 Å². The van der Waals surface area contributed by atoms with E-state index in [-0.39, 0.29) is 17.9 Å². The largest absolute Gasteiger partial charge is 0.333 e. The van der Waals surface area contributed by atoms with Gasteiger partial charge in [0.15, 0.2) is 0 Å². The first-order chi connectivity index (χ1) is 12.5. The second-order valence-electron chi connectivity index (χ2n) is 6.83. The zero-order chi connectivity index (χ0) is 18.5. The van der Waals surface area contributed by atoms with Crippen molar-refractivity contribution < 1.29 is 9.59 Å². The van der Waals surface area contributed by atoms with Gasteiger partial charge >= 0.3 is 0 Å². The fraction of sp³-hybridized carbons (Fsp3) is 0.333. The van der Waals surface area contributed by atoms with Gasteiger partial charge in [-0.05, 0) is 36.8 Å². The van der Waals surface area contributed by atoms with Gasteiger partial charge < -0.3 is 10.2 Å². The van der Waals surface area contributed by atoms with Crippen molar-refractivity contribution in [1.82, 2.24) is 9.80 Å². The monoisotopic (exact) mass is 351 g/mol. The molecule has 0 radical (unpaired) electrons. The summed E-state index contributed by atoms with van der Waals surface area (Å²) in [7, 11) is 0. The molecular weight excluding hydrogens is 326 g/mol. The number of rotatable bonds is 4. The number of piperazine rings is 1. The third-order valence-corrected chi connectivity index (χ3v) is 4.67. The minimum Gasteiger partial charge on any atom is -0.333 e. The molecule has 0 saturated carbocycles. The first-order valence-corrected chi connectivity index (χ1v) is 8.98. The van der Waals surface area contributed by atoms with E-state index < -0.39 is 0 Å². The molecule has 0 spiro atoms. The number of anilines is 1. The van der Waals surface area contributed by atoms with Crippen LogP contribution in [0, 0.1) is 0 Å². The Kier molecular flexibility index (Phi) is 5.68. The predicted octanol–water partition coefficient (Wildman–Crippen LogP) is 2.99. The maximum absolute atomic E-state index is 12.8. The van der Waals surface area contributed by atoms with Gasteiger partial charge in [0.25, 0.3) is 5.91 Å². The van der Waals surface area contributed by atoms with Gasteiger partial charge in [-0.1, -0.05) is 30.3 Å². The molecule has 1 aliphatic heterocycles. The zero-order valence-electron chi connectivity index (χ0n) is 15.3. The molecule has 0 aliphatic carbocycles. The van der Waals surface area contributed by atoms with Crippen molar-refractivity contribution in [3.05, 3.63) is 65.7 Å². The highest BCUT2D eigenvalue weighted by atomic mass is 16.2. The number of nitrogens with zero attached hydrogens (tertiary/aromatic N) is 2. The minimum absolute atomic E-state index is 0.0474. The van der Waals surface area contributed by atoms with E-state index >= 15 is 0 Å². The highest BCUT2D eigenvalue weighted by molar-refractivity contribution is 5.95. The Balaban J connectivity index is 1.60. The maximum Gasteiger partial charge on any atom is 0.254 e. The highest BCUT2D eigenvalue weighted by Crippen LogP contribution is 2.17. The van der Waals surface area contributed by atoms with Crippen LogP contribution in [0.5, 0.6) is 0 Å². The van der Waals surface area contributed by atoms with Crippen molar-refractivity contribution in [1.29, 1.82) is 0 Å². The number of hydrogen-bond donors (Lipinski definition) is 1. The molecule has 1 atom stereocenters. The van der Waals surface area contributed by atoms with Crippen LogP contribution in [0.3, 0.4) is 0 Å². The van der Waals surface area contributed by atoms with Crippen molar-refractivity contribution in [3.63, 3.8) is 0 Å². The Morgan fingerprint density at radius 1 is 1.04 bits per heavy atom. The average Bonchev–Trinajstić information content (AvgIpc) is 2.62. The number of hydrogen-bond acceptors (Lipinski definition) is 3. The zero-order valence-corrected chi connectivity index (χ0v) is 15.3. The molecular formula is C21H25N3O2. The van der Waals surface area contributed by atoms with Gasteiger partial charge in [0, 0.05) is 50.4 Å². The van der Waals surface area contributed by atoms with Gasteiger partial charge in [-0.2, -0.15) is 0 Å². The van der Waals surface area contributed by atoms with Crippen LogP contribution in [0.1, 0.15) is 29.8 Å². The summed E-state index contributed by atoms with van der Waals surface area (Å²) in [5.74, 6) is -0.0709. The lowest BCUT2D eigenvalue weighted by molar-refractivity contribution is -0.114. The molecule has 5 nitrogen and oxygen atoms in total. The summed E-state index contributed by atoms with van der Waals surface area (Å²) in [6.07, 6.45) is 0. The third kappa shape index (κ3) is 4.49. The van der Waals surface area contributed by atoms with Crippen molar-refractivity contribution in [3.8, 4) is 0 Å². The number of carbonyl (C=O) groups excluding carboxylic acids is 2. The van der Waals surface area contributed by atoms with Crippen LogP contribution < -0.4 is 5.32 Å². The summed E-state index contributed by atoms with van der Waals surface area (Å²) in [5.41, 5.74) is 2.66. The Labute approximate surface area is 154 Å². The molecule has 1 fully saturated rings. The lowest BCUT2D eigenvalue weighted by atomic mass is 10.1. The molecule has 5 heteroatoms. The lowest BCUT2D eigenvalue weighted by Gasteiger charge is -2.40. The molecule has 0 aromatic heterocycles. The second-order valence-corrected chi connectivity index (χ2v) is 6.83. The van der Waals surface area contributed by atoms with Crippen molar-refractivity contribution in [2.45, 2.75) is 26.4 Å². The maximum atomic E-state index is 12.8. The molecule has 1 saturated heterocycles. The Hall–Kier alpha value is -2.66. The van der Waals surface area contributed by atoms with E-state index in [0.29, 0.717) is 11.3 Å². The lowest BCUT2D eigenvalue weighted by Crippen LogP contribution is -2.53. The standard InChI is InChI=1S/C21H25N3O2/c1-16-14-23(15-18-6-4-3-5-7-18)12-13-24(16)21(26)19-8-10-20(11-9-19)22-17(2)25/h3-11,16H,12-15H2,1-2H3,(H,22,25). The van der Waals surface area contributed by atoms with E-state index in [9.17, 15) is 9.59 Å². The van der Waals surface area contributed by atoms with Gasteiger partial charge in [-0.3, -0.25) is 14.5 Å². The van der Waals surface area contributed by atoms with E-state index in [4.69, 9.17) is 0 Å². The summed E-state index contributed by atoms with van der Waals surface area (Å²) >= 11 is 0. The highest BCUT2D eigenvalue weighted by Gasteiger charge is 2.28. The van der Waals surface area contributed by atoms with Gasteiger partial charge in [0.1, 0.15) is 0 Å². The van der Waals surface area contributed by atoms with Crippen molar-refractivity contribution in [2.75, 3.05) is 25.0 Å². The number of nitrogens with one attached hydrogen (secondary N) is 1. The quantitative estimate of drug-likeness (QED) is 0.921. The molecule has 1 heterocycles. The smallest absolute Gasteiger partial charge is 0.254 e. The van der Waals surface area contributed by atoms with E-state index in [1.54, 1.807) is 24.3 Å². The van der Waals surface area contributed by atoms with Crippen LogP contribution >= 0.6 is 0 Å². The van der Waals surface area contributed by atoms with Crippen molar-refractivity contribution >= 4 is 17.5 Å². The number of carbonyl (C=O) groups is 2. The number of amides is 2. The number of benzene rings is 2. The Morgan fingerprint density at radius 2 is 1.73 bits per heavy atom. The van der Waals surface area contributed by atoms with Crippen LogP contribution in [-0.2, 0) is 11.3 Å². The van der Waals surface area contributed by atoms with E-state index in [2.05, 4.69) is 41.4 Å². The first-order valence-electron chi connectivity index (χ1n) is 8.98. The normalized spacial score (nSPS) is 17.8. The van der Waals surface area contributed by atoms with Crippen LogP contribution in [0.25, 0.3) is 0 Å². The Morgan fingerprint density at radius 3 is 2.35 bits per heavy atom. The minimum atomic E-state index is -0.118. The second kappa shape index (κ2) is 8.15. The summed E-state index contributed by atoms with van der Waals surface area (Å²) in [6.45, 7) is 6.94. The molecule has 136 valence electrons. The molecule has 2 aromatic rings. The molecule has 2 aromatic carbocycles. The van der Waals surface area contributed by atoms with E-state index in [1.165, 1.54) is 12.5 Å². The fourth-order valence-corrected chi connectivity index (χ4v) is 3.39. The van der Waals surface area contributed by atoms with E-state index in [0.717, 1.165) is 26.2 Å². The summed E-state index contributed by atoms with van der Waals surface area (Å²) in [5, 5.41) is 2.72. The third-order valence-electron chi connectivity index (χ3n) is 4.67. The molecule has 2 amide bonds. The molecule has 1 N–H and O–H groups in total. The summed E-state index contributed by atoms with van der Waals surface area (Å²) in [6, 6.07) is 17.7. The van der Waals surface area contributed by atoms with Crippen molar-refractivity contribution in [2.24, 2.45) is 0 Å². The van der Waals surface area contributed by atoms with Gasteiger partial charge in [0.2, 0.25) is 5.91 Å². The molecule has 1 unspecified atom stereocenters. The molecule has 0 bridgehead atoms.